The van der Waals surface area contributed by atoms with Gasteiger partial charge in [0.15, 0.2) is 0 Å². The molecule has 4 amide bonds. The summed E-state index contributed by atoms with van der Waals surface area (Å²) in [4.78, 5) is 58.9. The number of piperazine rings is 1. The van der Waals surface area contributed by atoms with Crippen molar-refractivity contribution in [1.82, 2.24) is 9.80 Å². The number of nitrogens with zero attached hydrogens (tertiary/aromatic N) is 4. The highest BCUT2D eigenvalue weighted by Crippen LogP contribution is 2.24. The fourth-order valence-corrected chi connectivity index (χ4v) is 4.69. The minimum atomic E-state index is -0.677. The van der Waals surface area contributed by atoms with E-state index < -0.39 is 17.9 Å². The molecule has 3 aliphatic rings. The number of esters is 1. The highest BCUT2D eigenvalue weighted by Gasteiger charge is 2.36. The van der Waals surface area contributed by atoms with Crippen LogP contribution in [-0.4, -0.2) is 86.3 Å². The van der Waals surface area contributed by atoms with Gasteiger partial charge >= 0.3 is 12.0 Å². The van der Waals surface area contributed by atoms with E-state index in [9.17, 15) is 19.2 Å². The van der Waals surface area contributed by atoms with Crippen molar-refractivity contribution in [2.45, 2.75) is 25.7 Å². The number of unbranched alkanes of at least 4 members (excludes halogenated alkanes) is 2. The second kappa shape index (κ2) is 11.9. The summed E-state index contributed by atoms with van der Waals surface area (Å²) in [5.74, 6) is -0.631. The van der Waals surface area contributed by atoms with Crippen LogP contribution in [0.5, 0.6) is 5.75 Å². The molecule has 0 bridgehead atoms. The van der Waals surface area contributed by atoms with E-state index in [-0.39, 0.29) is 29.6 Å². The van der Waals surface area contributed by atoms with Crippen molar-refractivity contribution in [1.29, 1.82) is 0 Å². The Morgan fingerprint density at radius 2 is 1.84 bits per heavy atom. The lowest BCUT2D eigenvalue weighted by Gasteiger charge is -2.36. The van der Waals surface area contributed by atoms with Crippen LogP contribution >= 0.6 is 0 Å². The lowest BCUT2D eigenvalue weighted by Crippen LogP contribution is -2.48. The summed E-state index contributed by atoms with van der Waals surface area (Å²) in [7, 11) is 2.91. The number of carbonyl (C=O) groups excluding carboxylic acids is 4. The van der Waals surface area contributed by atoms with Crippen LogP contribution in [0.4, 0.5) is 10.5 Å². The molecule has 1 aliphatic carbocycles. The summed E-state index contributed by atoms with van der Waals surface area (Å²) in [5, 5.41) is 0. The highest BCUT2D eigenvalue weighted by atomic mass is 16.5. The molecular weight excluding hydrogens is 476 g/mol. The molecule has 10 heteroatoms. The number of imide groups is 1. The molecule has 1 aromatic rings. The standard InChI is InChI=1S/C27H32N4O6/c1-36-21-8-6-7-20(18-21)29-13-15-30(16-14-29)24(32)9-4-3-5-12-31-25(33)22-11-10-19(26(34)37-2)17-23(22)28-27(31)35/h6-8,10-11,17-18,22H,3-5,9,12-16H2,1-2H3. The fourth-order valence-electron chi connectivity index (χ4n) is 4.69. The van der Waals surface area contributed by atoms with Crippen LogP contribution in [0.2, 0.25) is 0 Å². The highest BCUT2D eigenvalue weighted by molar-refractivity contribution is 6.23. The molecule has 1 fully saturated rings. The van der Waals surface area contributed by atoms with Crippen molar-refractivity contribution in [2.24, 2.45) is 10.9 Å². The van der Waals surface area contributed by atoms with Crippen LogP contribution in [0.15, 0.2) is 53.1 Å². The Balaban J connectivity index is 1.18. The van der Waals surface area contributed by atoms with Gasteiger partial charge in [-0.25, -0.2) is 9.59 Å². The van der Waals surface area contributed by atoms with E-state index in [2.05, 4.69) is 14.6 Å². The normalized spacial score (nSPS) is 19.3. The number of amides is 4. The van der Waals surface area contributed by atoms with Gasteiger partial charge in [-0.2, -0.15) is 4.99 Å². The zero-order valence-electron chi connectivity index (χ0n) is 21.2. The quantitative estimate of drug-likeness (QED) is 0.373. The molecule has 0 N–H and O–H groups in total. The lowest BCUT2D eigenvalue weighted by atomic mass is 9.92. The summed E-state index contributed by atoms with van der Waals surface area (Å²) in [6.07, 6.45) is 6.95. The van der Waals surface area contributed by atoms with E-state index >= 15 is 0 Å². The number of hydrogen-bond donors (Lipinski definition) is 0. The van der Waals surface area contributed by atoms with Gasteiger partial charge in [-0.05, 0) is 31.1 Å². The summed E-state index contributed by atoms with van der Waals surface area (Å²) in [6, 6.07) is 7.30. The molecule has 1 unspecified atom stereocenters. The average Bonchev–Trinajstić information content (AvgIpc) is 2.93. The molecule has 2 aliphatic heterocycles. The lowest BCUT2D eigenvalue weighted by molar-refractivity contribution is -0.136. The minimum Gasteiger partial charge on any atom is -0.497 e. The number of rotatable bonds is 9. The van der Waals surface area contributed by atoms with Crippen LogP contribution < -0.4 is 9.64 Å². The molecule has 0 aromatic heterocycles. The third-order valence-electron chi connectivity index (χ3n) is 6.82. The van der Waals surface area contributed by atoms with E-state index in [1.807, 2.05) is 29.2 Å². The zero-order chi connectivity index (χ0) is 26.4. The number of urea groups is 1. The number of ether oxygens (including phenoxy) is 2. The van der Waals surface area contributed by atoms with Gasteiger partial charge in [0.05, 0.1) is 31.4 Å². The van der Waals surface area contributed by atoms with Gasteiger partial charge < -0.3 is 19.3 Å². The second-order valence-corrected chi connectivity index (χ2v) is 9.12. The minimum absolute atomic E-state index is 0.130. The maximum Gasteiger partial charge on any atom is 0.350 e. The van der Waals surface area contributed by atoms with Gasteiger partial charge in [-0.15, -0.1) is 0 Å². The van der Waals surface area contributed by atoms with Gasteiger partial charge in [0.25, 0.3) is 0 Å². The van der Waals surface area contributed by atoms with Crippen molar-refractivity contribution < 1.29 is 28.7 Å². The Bertz CT molecular complexity index is 1150. The van der Waals surface area contributed by atoms with Crippen LogP contribution in [-0.2, 0) is 19.1 Å². The Hall–Kier alpha value is -3.95. The number of hydrogen-bond acceptors (Lipinski definition) is 7. The number of aliphatic imine (C=N–C) groups is 1. The van der Waals surface area contributed by atoms with E-state index in [1.165, 1.54) is 19.3 Å². The smallest absolute Gasteiger partial charge is 0.350 e. The van der Waals surface area contributed by atoms with Crippen molar-refractivity contribution in [2.75, 3.05) is 51.8 Å². The fraction of sp³-hybridized carbons (Fsp3) is 0.444. The van der Waals surface area contributed by atoms with Crippen LogP contribution in [0.3, 0.4) is 0 Å². The summed E-state index contributed by atoms with van der Waals surface area (Å²) in [6.45, 7) is 3.14. The third-order valence-corrected chi connectivity index (χ3v) is 6.82. The van der Waals surface area contributed by atoms with Gasteiger partial charge in [0.2, 0.25) is 11.8 Å². The Kier molecular flexibility index (Phi) is 8.37. The van der Waals surface area contributed by atoms with Crippen molar-refractivity contribution in [3.8, 4) is 5.75 Å². The molecule has 10 nitrogen and oxygen atoms in total. The van der Waals surface area contributed by atoms with Crippen molar-refractivity contribution >= 4 is 35.2 Å². The predicted octanol–water partition coefficient (Wildman–Crippen LogP) is 2.59. The topological polar surface area (TPSA) is 109 Å². The summed E-state index contributed by atoms with van der Waals surface area (Å²) >= 11 is 0. The van der Waals surface area contributed by atoms with Crippen LogP contribution in [0.1, 0.15) is 25.7 Å². The van der Waals surface area contributed by atoms with Crippen LogP contribution in [0.25, 0.3) is 0 Å². The monoisotopic (exact) mass is 508 g/mol. The number of allylic oxidation sites excluding steroid dienone is 1. The largest absolute Gasteiger partial charge is 0.497 e. The first-order valence-corrected chi connectivity index (χ1v) is 12.5. The van der Waals surface area contributed by atoms with Crippen LogP contribution in [0, 0.1) is 5.92 Å². The molecular formula is C27H32N4O6. The molecule has 4 rings (SSSR count). The predicted molar refractivity (Wildman–Crippen MR) is 138 cm³/mol. The SMILES string of the molecule is COC(=O)C1=CC2=NC(=O)N(CCCCCC(=O)N3CCN(c4cccc(OC)c4)CC3)C(=O)C2C=C1. The number of carbonyl (C=O) groups is 4. The maximum atomic E-state index is 12.8. The molecule has 0 radical (unpaired) electrons. The van der Waals surface area contributed by atoms with E-state index in [1.54, 1.807) is 13.2 Å². The van der Waals surface area contributed by atoms with Gasteiger partial charge in [-0.1, -0.05) is 24.6 Å². The molecule has 1 aromatic carbocycles. The molecule has 1 saturated heterocycles. The molecule has 196 valence electrons. The first-order valence-electron chi connectivity index (χ1n) is 12.5. The Morgan fingerprint density at radius 1 is 1.05 bits per heavy atom. The zero-order valence-corrected chi connectivity index (χ0v) is 21.2. The Labute approximate surface area is 216 Å². The molecule has 1 atom stereocenters. The second-order valence-electron chi connectivity index (χ2n) is 9.12. The summed E-state index contributed by atoms with van der Waals surface area (Å²) < 4.78 is 9.98. The van der Waals surface area contributed by atoms with Gasteiger partial charge in [0.1, 0.15) is 5.75 Å². The van der Waals surface area contributed by atoms with Gasteiger partial charge in [-0.3, -0.25) is 14.5 Å². The first kappa shape index (κ1) is 26.1. The number of methoxy groups -OCH3 is 2. The summed E-state index contributed by atoms with van der Waals surface area (Å²) in [5.41, 5.74) is 1.59. The Morgan fingerprint density at radius 3 is 2.57 bits per heavy atom. The average molecular weight is 509 g/mol. The molecule has 2 heterocycles. The maximum absolute atomic E-state index is 12.8. The van der Waals surface area contributed by atoms with E-state index in [4.69, 9.17) is 4.74 Å². The molecule has 0 saturated carbocycles. The third kappa shape index (κ3) is 6.07. The van der Waals surface area contributed by atoms with Crippen molar-refractivity contribution in [3.05, 3.63) is 48.1 Å². The van der Waals surface area contributed by atoms with Crippen molar-refractivity contribution in [3.63, 3.8) is 0 Å². The van der Waals surface area contributed by atoms with E-state index in [0.29, 0.717) is 32.4 Å². The number of benzene rings is 1. The van der Waals surface area contributed by atoms with E-state index in [0.717, 1.165) is 35.8 Å². The molecule has 0 spiro atoms. The van der Waals surface area contributed by atoms with Gasteiger partial charge in [0, 0.05) is 50.9 Å². The number of anilines is 1. The first-order chi connectivity index (χ1) is 17.9. The molecule has 37 heavy (non-hydrogen) atoms. The number of fused-ring (bicyclic) bond motifs is 1.